The molecule has 0 unspecified atom stereocenters. The standard InChI is InChI=1S/C40H26/c1-2-13-28(14-3-1)31-16-6-7-17-32(31)38-26-40-34-19-9-8-18-33(34)37(25-39(40)36-21-11-10-20-35(36)38)30-23-22-27-12-4-5-15-29(27)24-30/h1-26H. The number of hydrogen-bond acceptors (Lipinski definition) is 0. The van der Waals surface area contributed by atoms with Crippen LogP contribution in [0, 0.1) is 0 Å². The molecule has 0 heteroatoms. The zero-order chi connectivity index (χ0) is 26.5. The summed E-state index contributed by atoms with van der Waals surface area (Å²) in [7, 11) is 0. The van der Waals surface area contributed by atoms with E-state index in [1.54, 1.807) is 0 Å². The summed E-state index contributed by atoms with van der Waals surface area (Å²) in [5.41, 5.74) is 7.54. The van der Waals surface area contributed by atoms with Crippen molar-refractivity contribution >= 4 is 43.1 Å². The van der Waals surface area contributed by atoms with E-state index in [0.717, 1.165) is 0 Å². The van der Waals surface area contributed by atoms with E-state index in [0.29, 0.717) is 0 Å². The second kappa shape index (κ2) is 9.22. The van der Waals surface area contributed by atoms with E-state index in [4.69, 9.17) is 0 Å². The van der Waals surface area contributed by atoms with Crippen LogP contribution >= 0.6 is 0 Å². The first-order chi connectivity index (χ1) is 19.8. The van der Waals surface area contributed by atoms with Crippen molar-refractivity contribution in [2.45, 2.75) is 0 Å². The Bertz CT molecular complexity index is 2200. The van der Waals surface area contributed by atoms with Crippen LogP contribution in [0.5, 0.6) is 0 Å². The molecule has 0 nitrogen and oxygen atoms in total. The van der Waals surface area contributed by atoms with Gasteiger partial charge in [0.05, 0.1) is 0 Å². The SMILES string of the molecule is c1ccc(-c2ccccc2-c2cc3c4ccccc4c(-c4ccc5ccccc5c4)cc3c3ccccc23)cc1. The van der Waals surface area contributed by atoms with Gasteiger partial charge in [-0.05, 0) is 94.7 Å². The van der Waals surface area contributed by atoms with E-state index in [2.05, 4.69) is 158 Å². The van der Waals surface area contributed by atoms with Gasteiger partial charge < -0.3 is 0 Å². The van der Waals surface area contributed by atoms with Gasteiger partial charge in [0.25, 0.3) is 0 Å². The van der Waals surface area contributed by atoms with Gasteiger partial charge in [0.1, 0.15) is 0 Å². The van der Waals surface area contributed by atoms with Crippen LogP contribution in [0.4, 0.5) is 0 Å². The van der Waals surface area contributed by atoms with Gasteiger partial charge in [-0.15, -0.1) is 0 Å². The van der Waals surface area contributed by atoms with Crippen molar-refractivity contribution in [2.75, 3.05) is 0 Å². The van der Waals surface area contributed by atoms with E-state index < -0.39 is 0 Å². The lowest BCUT2D eigenvalue weighted by Gasteiger charge is -2.18. The third kappa shape index (κ3) is 3.61. The Morgan fingerprint density at radius 2 is 0.750 bits per heavy atom. The molecule has 0 atom stereocenters. The van der Waals surface area contributed by atoms with Crippen LogP contribution < -0.4 is 0 Å². The summed E-state index contributed by atoms with van der Waals surface area (Å²) in [6.07, 6.45) is 0. The van der Waals surface area contributed by atoms with E-state index in [1.165, 1.54) is 76.5 Å². The van der Waals surface area contributed by atoms with Crippen LogP contribution in [0.25, 0.3) is 76.5 Å². The van der Waals surface area contributed by atoms with E-state index in [1.807, 2.05) is 0 Å². The maximum absolute atomic E-state index is 2.42. The fourth-order valence-electron chi connectivity index (χ4n) is 6.36. The summed E-state index contributed by atoms with van der Waals surface area (Å²) in [6, 6.07) is 57.6. The van der Waals surface area contributed by atoms with Gasteiger partial charge >= 0.3 is 0 Å². The zero-order valence-electron chi connectivity index (χ0n) is 22.0. The van der Waals surface area contributed by atoms with Crippen molar-refractivity contribution in [3.63, 3.8) is 0 Å². The summed E-state index contributed by atoms with van der Waals surface area (Å²) in [6.45, 7) is 0. The van der Waals surface area contributed by atoms with Crippen LogP contribution in [0.3, 0.4) is 0 Å². The smallest absolute Gasteiger partial charge is 0.00923 e. The minimum Gasteiger partial charge on any atom is -0.0622 e. The molecule has 0 spiro atoms. The molecule has 0 aliphatic carbocycles. The summed E-state index contributed by atoms with van der Waals surface area (Å²) in [5.74, 6) is 0. The average molecular weight is 507 g/mol. The zero-order valence-corrected chi connectivity index (χ0v) is 22.0. The fraction of sp³-hybridized carbons (Fsp3) is 0. The molecule has 0 saturated heterocycles. The summed E-state index contributed by atoms with van der Waals surface area (Å²) in [4.78, 5) is 0. The Labute approximate surface area is 233 Å². The molecule has 0 aromatic heterocycles. The van der Waals surface area contributed by atoms with Crippen LogP contribution in [0.15, 0.2) is 158 Å². The Hall–Kier alpha value is -5.20. The average Bonchev–Trinajstić information content (AvgIpc) is 3.04. The van der Waals surface area contributed by atoms with Crippen molar-refractivity contribution in [1.29, 1.82) is 0 Å². The summed E-state index contributed by atoms with van der Waals surface area (Å²) < 4.78 is 0. The summed E-state index contributed by atoms with van der Waals surface area (Å²) >= 11 is 0. The largest absolute Gasteiger partial charge is 0.0622 e. The maximum atomic E-state index is 2.42. The molecule has 8 aromatic rings. The third-order valence-corrected chi connectivity index (χ3v) is 8.24. The number of benzene rings is 8. The minimum atomic E-state index is 1.23. The molecule has 0 heterocycles. The molecule has 0 N–H and O–H groups in total. The van der Waals surface area contributed by atoms with Crippen LogP contribution in [0.1, 0.15) is 0 Å². The molecule has 8 rings (SSSR count). The topological polar surface area (TPSA) is 0 Å². The molecular weight excluding hydrogens is 480 g/mol. The molecule has 0 amide bonds. The first kappa shape index (κ1) is 22.8. The number of hydrogen-bond donors (Lipinski definition) is 0. The number of fused-ring (bicyclic) bond motifs is 6. The molecule has 0 radical (unpaired) electrons. The lowest BCUT2D eigenvalue weighted by Crippen LogP contribution is -1.91. The van der Waals surface area contributed by atoms with Gasteiger partial charge in [0.2, 0.25) is 0 Å². The highest BCUT2D eigenvalue weighted by Crippen LogP contribution is 2.43. The lowest BCUT2D eigenvalue weighted by atomic mass is 9.86. The Morgan fingerprint density at radius 3 is 1.48 bits per heavy atom. The lowest BCUT2D eigenvalue weighted by molar-refractivity contribution is 1.60. The molecule has 0 aliphatic heterocycles. The van der Waals surface area contributed by atoms with Gasteiger partial charge in [-0.2, -0.15) is 0 Å². The molecule has 0 saturated carbocycles. The first-order valence-electron chi connectivity index (χ1n) is 13.9. The Balaban J connectivity index is 1.47. The van der Waals surface area contributed by atoms with Crippen LogP contribution in [0.2, 0.25) is 0 Å². The van der Waals surface area contributed by atoms with Crippen molar-refractivity contribution in [2.24, 2.45) is 0 Å². The Kier molecular flexibility index (Phi) is 5.24. The molecule has 0 aliphatic rings. The van der Waals surface area contributed by atoms with E-state index in [-0.39, 0.29) is 0 Å². The van der Waals surface area contributed by atoms with Crippen molar-refractivity contribution in [3.05, 3.63) is 158 Å². The van der Waals surface area contributed by atoms with Gasteiger partial charge in [-0.25, -0.2) is 0 Å². The van der Waals surface area contributed by atoms with Crippen LogP contribution in [-0.2, 0) is 0 Å². The molecular formula is C40H26. The minimum absolute atomic E-state index is 1.23. The van der Waals surface area contributed by atoms with E-state index >= 15 is 0 Å². The molecule has 0 fully saturated rings. The monoisotopic (exact) mass is 506 g/mol. The van der Waals surface area contributed by atoms with Gasteiger partial charge in [0, 0.05) is 0 Å². The second-order valence-corrected chi connectivity index (χ2v) is 10.5. The predicted molar refractivity (Wildman–Crippen MR) is 173 cm³/mol. The Morgan fingerprint density at radius 1 is 0.225 bits per heavy atom. The highest BCUT2D eigenvalue weighted by atomic mass is 14.2. The van der Waals surface area contributed by atoms with Gasteiger partial charge in [-0.3, -0.25) is 0 Å². The highest BCUT2D eigenvalue weighted by molar-refractivity contribution is 6.24. The molecule has 186 valence electrons. The van der Waals surface area contributed by atoms with Gasteiger partial charge in [-0.1, -0.05) is 140 Å². The van der Waals surface area contributed by atoms with Crippen LogP contribution in [-0.4, -0.2) is 0 Å². The third-order valence-electron chi connectivity index (χ3n) is 8.24. The summed E-state index contributed by atoms with van der Waals surface area (Å²) in [5, 5.41) is 10.2. The predicted octanol–water partition coefficient (Wildman–Crippen LogP) is 11.3. The van der Waals surface area contributed by atoms with Gasteiger partial charge in [0.15, 0.2) is 0 Å². The highest BCUT2D eigenvalue weighted by Gasteiger charge is 2.16. The van der Waals surface area contributed by atoms with Crippen molar-refractivity contribution in [1.82, 2.24) is 0 Å². The maximum Gasteiger partial charge on any atom is -0.00923 e. The van der Waals surface area contributed by atoms with Crippen molar-refractivity contribution < 1.29 is 0 Å². The molecule has 0 bridgehead atoms. The normalized spacial score (nSPS) is 11.5. The van der Waals surface area contributed by atoms with Crippen molar-refractivity contribution in [3.8, 4) is 33.4 Å². The second-order valence-electron chi connectivity index (χ2n) is 10.5. The quantitative estimate of drug-likeness (QED) is 0.209. The first-order valence-corrected chi connectivity index (χ1v) is 13.9. The van der Waals surface area contributed by atoms with E-state index in [9.17, 15) is 0 Å². The molecule has 40 heavy (non-hydrogen) atoms. The fourth-order valence-corrected chi connectivity index (χ4v) is 6.36. The number of rotatable bonds is 3. The molecule has 8 aromatic carbocycles.